The summed E-state index contributed by atoms with van der Waals surface area (Å²) in [5.41, 5.74) is -0.275. The molecule has 0 saturated heterocycles. The zero-order valence-electron chi connectivity index (χ0n) is 9.53. The van der Waals surface area contributed by atoms with Gasteiger partial charge in [0.05, 0.1) is 11.0 Å². The summed E-state index contributed by atoms with van der Waals surface area (Å²) in [6.45, 7) is 3.37. The van der Waals surface area contributed by atoms with Gasteiger partial charge in [0.15, 0.2) is 0 Å². The van der Waals surface area contributed by atoms with Crippen molar-refractivity contribution in [2.75, 3.05) is 0 Å². The van der Waals surface area contributed by atoms with Crippen LogP contribution in [0.5, 0.6) is 0 Å². The summed E-state index contributed by atoms with van der Waals surface area (Å²) in [6, 6.07) is 7.27. The van der Waals surface area contributed by atoms with Crippen molar-refractivity contribution in [1.29, 1.82) is 0 Å². The topological polar surface area (TPSA) is 57.5 Å². The molecule has 0 atom stereocenters. The predicted molar refractivity (Wildman–Crippen MR) is 60.2 cm³/mol. The molecule has 0 amide bonds. The van der Waals surface area contributed by atoms with Gasteiger partial charge in [0.25, 0.3) is 0 Å². The van der Waals surface area contributed by atoms with Crippen LogP contribution in [0, 0.1) is 0 Å². The third kappa shape index (κ3) is 1.61. The van der Waals surface area contributed by atoms with Crippen LogP contribution in [0.3, 0.4) is 0 Å². The monoisotopic (exact) mass is 220 g/mol. The number of aliphatic hydroxyl groups is 1. The molecule has 0 unspecified atom stereocenters. The minimum atomic E-state index is -0.998. The zero-order chi connectivity index (χ0) is 12.0. The first-order valence-corrected chi connectivity index (χ1v) is 5.44. The summed E-state index contributed by atoms with van der Waals surface area (Å²) >= 11 is 0. The second kappa shape index (κ2) is 3.32. The third-order valence-corrected chi connectivity index (χ3v) is 3.26. The Morgan fingerprint density at radius 2 is 1.88 bits per heavy atom. The molecule has 1 aromatic rings. The molecule has 1 aliphatic rings. The van der Waals surface area contributed by atoms with Crippen LogP contribution in [0.4, 0.5) is 0 Å². The van der Waals surface area contributed by atoms with E-state index in [-0.39, 0.29) is 0 Å². The maximum Gasteiger partial charge on any atom is 0.314 e. The minimum absolute atomic E-state index is 0.662. The summed E-state index contributed by atoms with van der Waals surface area (Å²) in [6.07, 6.45) is 1.32. The highest BCUT2D eigenvalue weighted by Gasteiger charge is 2.53. The molecule has 2 rings (SSSR count). The highest BCUT2D eigenvalue weighted by Crippen LogP contribution is 2.50. The Labute approximate surface area is 94.7 Å². The van der Waals surface area contributed by atoms with Crippen LogP contribution in [0.1, 0.15) is 37.8 Å². The van der Waals surface area contributed by atoms with Gasteiger partial charge in [-0.05, 0) is 37.8 Å². The molecule has 0 bridgehead atoms. The number of carboxylic acids is 1. The number of hydrogen-bond donors (Lipinski definition) is 2. The molecule has 2 N–H and O–H groups in total. The molecule has 1 saturated carbocycles. The van der Waals surface area contributed by atoms with Crippen LogP contribution in [-0.2, 0) is 15.8 Å². The molecule has 1 fully saturated rings. The van der Waals surface area contributed by atoms with E-state index in [9.17, 15) is 15.0 Å². The average Bonchev–Trinajstić information content (AvgIpc) is 2.97. The SMILES string of the molecule is CC(C)(O)c1ccccc1C1(C(=O)O)CC1. The van der Waals surface area contributed by atoms with Gasteiger partial charge in [-0.15, -0.1) is 0 Å². The Morgan fingerprint density at radius 3 is 2.31 bits per heavy atom. The fourth-order valence-corrected chi connectivity index (χ4v) is 2.16. The Bertz CT molecular complexity index is 425. The van der Waals surface area contributed by atoms with Gasteiger partial charge in [-0.1, -0.05) is 24.3 Å². The van der Waals surface area contributed by atoms with Crippen LogP contribution in [0.15, 0.2) is 24.3 Å². The van der Waals surface area contributed by atoms with E-state index >= 15 is 0 Å². The van der Waals surface area contributed by atoms with Gasteiger partial charge in [-0.2, -0.15) is 0 Å². The van der Waals surface area contributed by atoms with Crippen molar-refractivity contribution in [3.05, 3.63) is 35.4 Å². The van der Waals surface area contributed by atoms with Crippen LogP contribution in [-0.4, -0.2) is 16.2 Å². The van der Waals surface area contributed by atoms with Crippen LogP contribution < -0.4 is 0 Å². The second-order valence-electron chi connectivity index (χ2n) is 4.99. The lowest BCUT2D eigenvalue weighted by Gasteiger charge is -2.24. The van der Waals surface area contributed by atoms with E-state index in [0.29, 0.717) is 12.8 Å². The fourth-order valence-electron chi connectivity index (χ4n) is 2.16. The number of aliphatic carboxylic acids is 1. The Balaban J connectivity index is 2.54. The summed E-state index contributed by atoms with van der Waals surface area (Å²) in [7, 11) is 0. The molecule has 16 heavy (non-hydrogen) atoms. The van der Waals surface area contributed by atoms with Crippen LogP contribution in [0.2, 0.25) is 0 Å². The summed E-state index contributed by atoms with van der Waals surface area (Å²) in [5, 5.41) is 19.3. The minimum Gasteiger partial charge on any atom is -0.481 e. The first-order chi connectivity index (χ1) is 7.38. The average molecular weight is 220 g/mol. The number of hydrogen-bond acceptors (Lipinski definition) is 2. The van der Waals surface area contributed by atoms with E-state index in [1.807, 2.05) is 18.2 Å². The lowest BCUT2D eigenvalue weighted by atomic mass is 9.84. The first kappa shape index (κ1) is 11.1. The van der Waals surface area contributed by atoms with Crippen molar-refractivity contribution in [3.8, 4) is 0 Å². The molecule has 1 aromatic carbocycles. The van der Waals surface area contributed by atoms with Crippen molar-refractivity contribution in [2.24, 2.45) is 0 Å². The van der Waals surface area contributed by atoms with Gasteiger partial charge in [0.2, 0.25) is 0 Å². The molecule has 0 spiro atoms. The normalized spacial score (nSPS) is 18.2. The number of rotatable bonds is 3. The Kier molecular flexibility index (Phi) is 2.31. The van der Waals surface area contributed by atoms with E-state index in [1.165, 1.54) is 0 Å². The van der Waals surface area contributed by atoms with Crippen molar-refractivity contribution in [1.82, 2.24) is 0 Å². The van der Waals surface area contributed by atoms with E-state index in [4.69, 9.17) is 0 Å². The van der Waals surface area contributed by atoms with E-state index < -0.39 is 17.0 Å². The Hall–Kier alpha value is -1.35. The molecule has 0 radical (unpaired) electrons. The number of carboxylic acid groups (broad SMARTS) is 1. The van der Waals surface area contributed by atoms with E-state index in [1.54, 1.807) is 19.9 Å². The zero-order valence-corrected chi connectivity index (χ0v) is 9.53. The van der Waals surface area contributed by atoms with Gasteiger partial charge >= 0.3 is 5.97 Å². The van der Waals surface area contributed by atoms with Crippen LogP contribution in [0.25, 0.3) is 0 Å². The number of carbonyl (C=O) groups is 1. The van der Waals surface area contributed by atoms with E-state index in [0.717, 1.165) is 11.1 Å². The van der Waals surface area contributed by atoms with Gasteiger partial charge in [0, 0.05) is 0 Å². The van der Waals surface area contributed by atoms with Gasteiger partial charge in [-0.25, -0.2) is 0 Å². The molecular weight excluding hydrogens is 204 g/mol. The summed E-state index contributed by atoms with van der Waals surface area (Å²) < 4.78 is 0. The standard InChI is InChI=1S/C13H16O3/c1-12(2,16)9-5-3-4-6-10(9)13(7-8-13)11(14)15/h3-6,16H,7-8H2,1-2H3,(H,14,15). The molecule has 1 aliphatic carbocycles. The molecular formula is C13H16O3. The summed E-state index contributed by atoms with van der Waals surface area (Å²) in [4.78, 5) is 11.3. The predicted octanol–water partition coefficient (Wildman–Crippen LogP) is 2.03. The Morgan fingerprint density at radius 1 is 1.31 bits per heavy atom. The molecule has 0 heterocycles. The molecule has 0 aromatic heterocycles. The molecule has 86 valence electrons. The van der Waals surface area contributed by atoms with Gasteiger partial charge in [0.1, 0.15) is 0 Å². The lowest BCUT2D eigenvalue weighted by Crippen LogP contribution is -2.26. The van der Waals surface area contributed by atoms with Crippen molar-refractivity contribution >= 4 is 5.97 Å². The van der Waals surface area contributed by atoms with Crippen molar-refractivity contribution < 1.29 is 15.0 Å². The van der Waals surface area contributed by atoms with Crippen LogP contribution >= 0.6 is 0 Å². The quantitative estimate of drug-likeness (QED) is 0.819. The third-order valence-electron chi connectivity index (χ3n) is 3.26. The molecule has 3 heteroatoms. The largest absolute Gasteiger partial charge is 0.481 e. The molecule has 3 nitrogen and oxygen atoms in total. The maximum absolute atomic E-state index is 11.3. The number of benzene rings is 1. The molecule has 0 aliphatic heterocycles. The van der Waals surface area contributed by atoms with Gasteiger partial charge < -0.3 is 10.2 Å². The maximum atomic E-state index is 11.3. The highest BCUT2D eigenvalue weighted by atomic mass is 16.4. The highest BCUT2D eigenvalue weighted by molar-refractivity contribution is 5.85. The first-order valence-electron chi connectivity index (χ1n) is 5.44. The van der Waals surface area contributed by atoms with Crippen molar-refractivity contribution in [3.63, 3.8) is 0 Å². The van der Waals surface area contributed by atoms with Gasteiger partial charge in [-0.3, -0.25) is 4.79 Å². The lowest BCUT2D eigenvalue weighted by molar-refractivity contribution is -0.140. The summed E-state index contributed by atoms with van der Waals surface area (Å²) in [5.74, 6) is -0.788. The fraction of sp³-hybridized carbons (Fsp3) is 0.462. The van der Waals surface area contributed by atoms with E-state index in [2.05, 4.69) is 0 Å². The second-order valence-corrected chi connectivity index (χ2v) is 4.99. The smallest absolute Gasteiger partial charge is 0.314 e. The van der Waals surface area contributed by atoms with Crippen molar-refractivity contribution in [2.45, 2.75) is 37.7 Å².